The lowest BCUT2D eigenvalue weighted by Crippen LogP contribution is -2.33. The number of hydrazine groups is 1. The third kappa shape index (κ3) is 3.75. The maximum absolute atomic E-state index is 11.6. The molecule has 0 fully saturated rings. The van der Waals surface area contributed by atoms with E-state index < -0.39 is 0 Å². The molecule has 0 radical (unpaired) electrons. The Morgan fingerprint density at radius 1 is 1.00 bits per heavy atom. The van der Waals surface area contributed by atoms with E-state index in [0.717, 1.165) is 0 Å². The van der Waals surface area contributed by atoms with Gasteiger partial charge in [0, 0.05) is 5.69 Å². The number of carbonyl (C=O) groups excluding carboxylic acids is 1. The standard InChI is InChI=1S/C14H12N4O/c15-10-11-5-4-8-13(9-11)17-18-14(19)16-12-6-2-1-3-7-12/h1-9,17H,(H2,16,18,19). The third-order valence-electron chi connectivity index (χ3n) is 2.34. The second kappa shape index (κ2) is 6.07. The first kappa shape index (κ1) is 12.5. The summed E-state index contributed by atoms with van der Waals surface area (Å²) < 4.78 is 0. The predicted octanol–water partition coefficient (Wildman–Crippen LogP) is 2.71. The normalized spacial score (nSPS) is 9.21. The number of hydrogen-bond donors (Lipinski definition) is 3. The van der Waals surface area contributed by atoms with Crippen LogP contribution in [-0.2, 0) is 0 Å². The Balaban J connectivity index is 1.88. The Bertz CT molecular complexity index is 604. The van der Waals surface area contributed by atoms with Crippen LogP contribution in [0.2, 0.25) is 0 Å². The molecule has 19 heavy (non-hydrogen) atoms. The molecule has 0 aliphatic carbocycles. The number of amides is 2. The van der Waals surface area contributed by atoms with Gasteiger partial charge in [-0.2, -0.15) is 5.26 Å². The van der Waals surface area contributed by atoms with Crippen molar-refractivity contribution < 1.29 is 4.79 Å². The molecular formula is C14H12N4O. The Hall–Kier alpha value is -3.00. The number of nitrogens with one attached hydrogen (secondary N) is 3. The van der Waals surface area contributed by atoms with Crippen molar-refractivity contribution in [3.05, 3.63) is 60.2 Å². The van der Waals surface area contributed by atoms with Crippen LogP contribution in [0.15, 0.2) is 54.6 Å². The molecule has 2 aromatic carbocycles. The van der Waals surface area contributed by atoms with Crippen LogP contribution in [0.5, 0.6) is 0 Å². The van der Waals surface area contributed by atoms with Crippen LogP contribution in [0.4, 0.5) is 16.2 Å². The van der Waals surface area contributed by atoms with Gasteiger partial charge in [0.15, 0.2) is 0 Å². The van der Waals surface area contributed by atoms with Crippen molar-refractivity contribution in [2.45, 2.75) is 0 Å². The van der Waals surface area contributed by atoms with Crippen LogP contribution in [0, 0.1) is 11.3 Å². The Morgan fingerprint density at radius 3 is 2.47 bits per heavy atom. The molecule has 0 aromatic heterocycles. The molecule has 0 heterocycles. The molecule has 94 valence electrons. The number of anilines is 2. The van der Waals surface area contributed by atoms with E-state index in [1.165, 1.54) is 0 Å². The average molecular weight is 252 g/mol. The number of hydrogen-bond acceptors (Lipinski definition) is 3. The number of rotatable bonds is 3. The van der Waals surface area contributed by atoms with E-state index in [1.807, 2.05) is 24.3 Å². The Morgan fingerprint density at radius 2 is 1.74 bits per heavy atom. The van der Waals surface area contributed by atoms with Gasteiger partial charge in [0.2, 0.25) is 0 Å². The summed E-state index contributed by atoms with van der Waals surface area (Å²) in [5.74, 6) is 0. The van der Waals surface area contributed by atoms with Crippen molar-refractivity contribution in [3.8, 4) is 6.07 Å². The number of benzene rings is 2. The molecule has 0 saturated heterocycles. The summed E-state index contributed by atoms with van der Waals surface area (Å²) in [6.07, 6.45) is 0. The highest BCUT2D eigenvalue weighted by atomic mass is 16.2. The lowest BCUT2D eigenvalue weighted by atomic mass is 10.2. The van der Waals surface area contributed by atoms with Crippen molar-refractivity contribution in [1.29, 1.82) is 5.26 Å². The van der Waals surface area contributed by atoms with Crippen molar-refractivity contribution in [3.63, 3.8) is 0 Å². The van der Waals surface area contributed by atoms with Crippen LogP contribution < -0.4 is 16.2 Å². The average Bonchev–Trinajstić information content (AvgIpc) is 2.46. The molecule has 0 atom stereocenters. The van der Waals surface area contributed by atoms with Crippen LogP contribution in [0.25, 0.3) is 0 Å². The minimum absolute atomic E-state index is 0.381. The Labute approximate surface area is 110 Å². The first-order valence-electron chi connectivity index (χ1n) is 5.66. The highest BCUT2D eigenvalue weighted by Gasteiger charge is 2.00. The van der Waals surface area contributed by atoms with Gasteiger partial charge in [-0.1, -0.05) is 24.3 Å². The zero-order chi connectivity index (χ0) is 13.5. The summed E-state index contributed by atoms with van der Waals surface area (Å²) in [4.78, 5) is 11.6. The van der Waals surface area contributed by atoms with E-state index in [1.54, 1.807) is 36.4 Å². The molecule has 3 N–H and O–H groups in total. The lowest BCUT2D eigenvalue weighted by molar-refractivity contribution is 0.254. The first-order valence-corrected chi connectivity index (χ1v) is 5.66. The SMILES string of the molecule is N#Cc1cccc(NNC(=O)Nc2ccccc2)c1. The number of carbonyl (C=O) groups is 1. The topological polar surface area (TPSA) is 77.0 Å². The highest BCUT2D eigenvalue weighted by Crippen LogP contribution is 2.08. The van der Waals surface area contributed by atoms with Gasteiger partial charge in [-0.3, -0.25) is 10.9 Å². The number of para-hydroxylation sites is 1. The minimum atomic E-state index is -0.381. The molecule has 0 unspecified atom stereocenters. The van der Waals surface area contributed by atoms with Gasteiger partial charge in [0.1, 0.15) is 0 Å². The summed E-state index contributed by atoms with van der Waals surface area (Å²) in [5.41, 5.74) is 7.08. The Kier molecular flexibility index (Phi) is 3.98. The molecule has 0 bridgehead atoms. The van der Waals surface area contributed by atoms with Crippen molar-refractivity contribution >= 4 is 17.4 Å². The summed E-state index contributed by atoms with van der Waals surface area (Å²) in [5, 5.41) is 11.4. The van der Waals surface area contributed by atoms with Gasteiger partial charge in [-0.15, -0.1) is 0 Å². The fraction of sp³-hybridized carbons (Fsp3) is 0. The molecule has 2 rings (SSSR count). The van der Waals surface area contributed by atoms with E-state index in [4.69, 9.17) is 5.26 Å². The third-order valence-corrected chi connectivity index (χ3v) is 2.34. The summed E-state index contributed by atoms with van der Waals surface area (Å²) in [6, 6.07) is 17.6. The molecule has 5 nitrogen and oxygen atoms in total. The minimum Gasteiger partial charge on any atom is -0.307 e. The van der Waals surface area contributed by atoms with Crippen LogP contribution in [0.1, 0.15) is 5.56 Å². The lowest BCUT2D eigenvalue weighted by Gasteiger charge is -2.09. The maximum atomic E-state index is 11.6. The molecule has 5 heteroatoms. The van der Waals surface area contributed by atoms with Gasteiger partial charge in [-0.25, -0.2) is 4.79 Å². The number of nitriles is 1. The van der Waals surface area contributed by atoms with E-state index in [9.17, 15) is 4.79 Å². The number of nitrogens with zero attached hydrogens (tertiary/aromatic N) is 1. The zero-order valence-electron chi connectivity index (χ0n) is 10.1. The van der Waals surface area contributed by atoms with E-state index >= 15 is 0 Å². The molecule has 0 spiro atoms. The molecule has 0 aliphatic heterocycles. The van der Waals surface area contributed by atoms with Crippen molar-refractivity contribution in [2.24, 2.45) is 0 Å². The van der Waals surface area contributed by atoms with Gasteiger partial charge in [0.25, 0.3) is 0 Å². The van der Waals surface area contributed by atoms with Crippen LogP contribution in [-0.4, -0.2) is 6.03 Å². The van der Waals surface area contributed by atoms with Gasteiger partial charge >= 0.3 is 6.03 Å². The quantitative estimate of drug-likeness (QED) is 0.735. The highest BCUT2D eigenvalue weighted by molar-refractivity contribution is 5.89. The molecule has 0 aliphatic rings. The van der Waals surface area contributed by atoms with Gasteiger partial charge < -0.3 is 5.32 Å². The van der Waals surface area contributed by atoms with Gasteiger partial charge in [0.05, 0.1) is 17.3 Å². The maximum Gasteiger partial charge on any atom is 0.337 e. The molecule has 2 amide bonds. The summed E-state index contributed by atoms with van der Waals surface area (Å²) in [7, 11) is 0. The van der Waals surface area contributed by atoms with Crippen LogP contribution >= 0.6 is 0 Å². The second-order valence-corrected chi connectivity index (χ2v) is 3.76. The van der Waals surface area contributed by atoms with Gasteiger partial charge in [-0.05, 0) is 30.3 Å². The second-order valence-electron chi connectivity index (χ2n) is 3.76. The fourth-order valence-electron chi connectivity index (χ4n) is 1.48. The van der Waals surface area contributed by atoms with E-state index in [0.29, 0.717) is 16.9 Å². The smallest absolute Gasteiger partial charge is 0.307 e. The fourth-order valence-corrected chi connectivity index (χ4v) is 1.48. The van der Waals surface area contributed by atoms with Crippen molar-refractivity contribution in [1.82, 2.24) is 5.43 Å². The first-order chi connectivity index (χ1) is 9.28. The predicted molar refractivity (Wildman–Crippen MR) is 73.4 cm³/mol. The molecular weight excluding hydrogens is 240 g/mol. The monoisotopic (exact) mass is 252 g/mol. The summed E-state index contributed by atoms with van der Waals surface area (Å²) in [6.45, 7) is 0. The van der Waals surface area contributed by atoms with E-state index in [-0.39, 0.29) is 6.03 Å². The van der Waals surface area contributed by atoms with Crippen LogP contribution in [0.3, 0.4) is 0 Å². The summed E-state index contributed by atoms with van der Waals surface area (Å²) >= 11 is 0. The van der Waals surface area contributed by atoms with E-state index in [2.05, 4.69) is 16.2 Å². The molecule has 2 aromatic rings. The zero-order valence-corrected chi connectivity index (χ0v) is 10.1. The molecule has 0 saturated carbocycles. The largest absolute Gasteiger partial charge is 0.337 e. The van der Waals surface area contributed by atoms with Crippen molar-refractivity contribution in [2.75, 3.05) is 10.7 Å². The number of urea groups is 1.